The summed E-state index contributed by atoms with van der Waals surface area (Å²) in [6, 6.07) is 13.0. The number of aliphatic hydroxyl groups is 1. The van der Waals surface area contributed by atoms with Gasteiger partial charge in [0.2, 0.25) is 0 Å². The molecule has 4 aromatic rings. The molecule has 1 heterocycles. The second-order valence-corrected chi connectivity index (χ2v) is 10.3. The van der Waals surface area contributed by atoms with Crippen LogP contribution in [0.4, 0.5) is 0 Å². The molecule has 0 aliphatic heterocycles. The molecule has 0 fully saturated rings. The quantitative estimate of drug-likeness (QED) is 0.0611. The van der Waals surface area contributed by atoms with Gasteiger partial charge in [0.25, 0.3) is 0 Å². The standard InChI is InChI=1S/C33H37NO12/c1-19-11-21(32(36)41-6)12-20(2)31(19)42-33(37)30-26-13-22(43-45-24(15-35)16-38-3)7-9-28(26)34-29-10-8-23(14-27(29)30)44-46-25(17-39-4)18-40-5/h7-14,24-25,35H,15-18H2,1-6H3. The van der Waals surface area contributed by atoms with E-state index in [0.29, 0.717) is 38.5 Å². The predicted molar refractivity (Wildman–Crippen MR) is 165 cm³/mol. The molecule has 246 valence electrons. The number of hydrogen-bond acceptors (Lipinski definition) is 13. The third kappa shape index (κ3) is 8.26. The van der Waals surface area contributed by atoms with Gasteiger partial charge in [0.05, 0.1) is 55.7 Å². The number of rotatable bonds is 16. The summed E-state index contributed by atoms with van der Waals surface area (Å²) < 4.78 is 26.2. The minimum Gasteiger partial charge on any atom is -0.465 e. The number of aryl methyl sites for hydroxylation is 2. The van der Waals surface area contributed by atoms with Crippen LogP contribution in [0.2, 0.25) is 0 Å². The highest BCUT2D eigenvalue weighted by atomic mass is 17.2. The highest BCUT2D eigenvalue weighted by molar-refractivity contribution is 6.15. The van der Waals surface area contributed by atoms with Gasteiger partial charge < -0.3 is 38.6 Å². The zero-order valence-corrected chi connectivity index (χ0v) is 26.5. The number of esters is 2. The van der Waals surface area contributed by atoms with Crippen LogP contribution in [-0.2, 0) is 28.7 Å². The average molecular weight is 640 g/mol. The van der Waals surface area contributed by atoms with Gasteiger partial charge in [-0.2, -0.15) is 9.78 Å². The normalized spacial score (nSPS) is 12.0. The topological polar surface area (TPSA) is 150 Å². The maximum Gasteiger partial charge on any atom is 0.344 e. The molecule has 3 aromatic carbocycles. The van der Waals surface area contributed by atoms with E-state index in [-0.39, 0.29) is 49.2 Å². The van der Waals surface area contributed by atoms with Crippen LogP contribution < -0.4 is 14.5 Å². The molecular weight excluding hydrogens is 602 g/mol. The van der Waals surface area contributed by atoms with E-state index in [4.69, 9.17) is 48.2 Å². The number of nitrogens with zero attached hydrogens (tertiary/aromatic N) is 1. The number of aromatic nitrogens is 1. The van der Waals surface area contributed by atoms with Crippen molar-refractivity contribution in [2.75, 3.05) is 54.9 Å². The summed E-state index contributed by atoms with van der Waals surface area (Å²) in [7, 11) is 5.84. The number of hydrogen-bond donors (Lipinski definition) is 1. The average Bonchev–Trinajstić information content (AvgIpc) is 3.05. The van der Waals surface area contributed by atoms with Crippen LogP contribution >= 0.6 is 0 Å². The Bertz CT molecular complexity index is 1650. The molecule has 1 aromatic heterocycles. The monoisotopic (exact) mass is 639 g/mol. The molecule has 4 rings (SSSR count). The summed E-state index contributed by atoms with van der Waals surface area (Å²) in [5, 5.41) is 10.3. The molecule has 13 nitrogen and oxygen atoms in total. The maximum atomic E-state index is 14.1. The lowest BCUT2D eigenvalue weighted by molar-refractivity contribution is -0.262. The molecule has 1 N–H and O–H groups in total. The Morgan fingerprint density at radius 2 is 1.22 bits per heavy atom. The summed E-state index contributed by atoms with van der Waals surface area (Å²) in [6.45, 7) is 3.67. The van der Waals surface area contributed by atoms with Crippen LogP contribution in [0.15, 0.2) is 48.5 Å². The van der Waals surface area contributed by atoms with E-state index in [1.54, 1.807) is 62.4 Å². The fraction of sp³-hybridized carbons (Fsp3) is 0.364. The molecule has 0 saturated heterocycles. The Balaban J connectivity index is 1.80. The number of carbonyl (C=O) groups is 2. The van der Waals surface area contributed by atoms with Crippen LogP contribution in [0.1, 0.15) is 31.8 Å². The molecule has 0 amide bonds. The van der Waals surface area contributed by atoms with E-state index in [0.717, 1.165) is 0 Å². The summed E-state index contributed by atoms with van der Waals surface area (Å²) in [5.74, 6) is -0.392. The van der Waals surface area contributed by atoms with Gasteiger partial charge in [-0.1, -0.05) is 0 Å². The van der Waals surface area contributed by atoms with Crippen molar-refractivity contribution in [2.24, 2.45) is 0 Å². The first-order chi connectivity index (χ1) is 22.2. The van der Waals surface area contributed by atoms with Crippen molar-refractivity contribution in [3.8, 4) is 17.2 Å². The van der Waals surface area contributed by atoms with Crippen molar-refractivity contribution in [2.45, 2.75) is 26.1 Å². The van der Waals surface area contributed by atoms with Gasteiger partial charge in [0.1, 0.15) is 5.75 Å². The molecule has 13 heteroatoms. The number of methoxy groups -OCH3 is 4. The number of pyridine rings is 1. The van der Waals surface area contributed by atoms with Gasteiger partial charge in [0.15, 0.2) is 23.7 Å². The van der Waals surface area contributed by atoms with E-state index >= 15 is 0 Å². The molecule has 1 atom stereocenters. The van der Waals surface area contributed by atoms with Gasteiger partial charge >= 0.3 is 11.9 Å². The molecule has 0 spiro atoms. The van der Waals surface area contributed by atoms with Crippen LogP contribution in [0.25, 0.3) is 21.8 Å². The number of benzene rings is 3. The zero-order chi connectivity index (χ0) is 33.2. The minimum atomic E-state index is -0.737. The van der Waals surface area contributed by atoms with Crippen molar-refractivity contribution in [1.29, 1.82) is 0 Å². The fourth-order valence-corrected chi connectivity index (χ4v) is 4.73. The minimum absolute atomic E-state index is 0.0990. The smallest absolute Gasteiger partial charge is 0.344 e. The van der Waals surface area contributed by atoms with Crippen molar-refractivity contribution >= 4 is 33.7 Å². The molecule has 0 aliphatic carbocycles. The Morgan fingerprint density at radius 3 is 1.70 bits per heavy atom. The predicted octanol–water partition coefficient (Wildman–Crippen LogP) is 4.30. The van der Waals surface area contributed by atoms with Gasteiger partial charge in [0, 0.05) is 32.1 Å². The summed E-state index contributed by atoms with van der Waals surface area (Å²) in [5.41, 5.74) is 2.56. The first kappa shape index (κ1) is 34.5. The second-order valence-electron chi connectivity index (χ2n) is 10.3. The largest absolute Gasteiger partial charge is 0.465 e. The van der Waals surface area contributed by atoms with Crippen LogP contribution in [0, 0.1) is 13.8 Å². The molecule has 46 heavy (non-hydrogen) atoms. The number of carbonyl (C=O) groups excluding carboxylic acids is 2. The Labute approximate surface area is 265 Å². The van der Waals surface area contributed by atoms with Crippen molar-refractivity contribution in [3.63, 3.8) is 0 Å². The van der Waals surface area contributed by atoms with Crippen LogP contribution in [-0.4, -0.2) is 89.1 Å². The number of ether oxygens (including phenoxy) is 5. The van der Waals surface area contributed by atoms with E-state index in [9.17, 15) is 14.7 Å². The SMILES string of the molecule is COCC(CO)OOc1ccc2nc3ccc(OOC(COC)COC)cc3c(C(=O)Oc3c(C)cc(C(=O)OC)cc3C)c2c1. The molecule has 1 unspecified atom stereocenters. The molecule has 0 aliphatic rings. The van der Waals surface area contributed by atoms with Gasteiger partial charge in [-0.05, 0) is 73.5 Å². The Morgan fingerprint density at radius 1 is 0.717 bits per heavy atom. The third-order valence-electron chi connectivity index (χ3n) is 6.82. The Hall–Kier alpha value is -4.37. The van der Waals surface area contributed by atoms with E-state index in [2.05, 4.69) is 0 Å². The lowest BCUT2D eigenvalue weighted by Crippen LogP contribution is -2.26. The highest BCUT2D eigenvalue weighted by Gasteiger charge is 2.23. The first-order valence-corrected chi connectivity index (χ1v) is 14.3. The first-order valence-electron chi connectivity index (χ1n) is 14.3. The van der Waals surface area contributed by atoms with Gasteiger partial charge in [-0.25, -0.2) is 14.6 Å². The zero-order valence-electron chi connectivity index (χ0n) is 26.5. The summed E-state index contributed by atoms with van der Waals surface area (Å²) in [6.07, 6.45) is -1.25. The maximum absolute atomic E-state index is 14.1. The lowest BCUT2D eigenvalue weighted by atomic mass is 10.0. The highest BCUT2D eigenvalue weighted by Crippen LogP contribution is 2.34. The molecule has 0 radical (unpaired) electrons. The van der Waals surface area contributed by atoms with Crippen molar-refractivity contribution < 1.29 is 57.9 Å². The lowest BCUT2D eigenvalue weighted by Gasteiger charge is -2.17. The van der Waals surface area contributed by atoms with Crippen LogP contribution in [0.3, 0.4) is 0 Å². The summed E-state index contributed by atoms with van der Waals surface area (Å²) >= 11 is 0. The van der Waals surface area contributed by atoms with Crippen LogP contribution in [0.5, 0.6) is 17.2 Å². The van der Waals surface area contributed by atoms with Crippen molar-refractivity contribution in [1.82, 2.24) is 4.98 Å². The van der Waals surface area contributed by atoms with E-state index in [1.807, 2.05) is 0 Å². The fourth-order valence-electron chi connectivity index (χ4n) is 4.73. The second kappa shape index (κ2) is 16.3. The molecule has 0 saturated carbocycles. The van der Waals surface area contributed by atoms with Gasteiger partial charge in [-0.15, -0.1) is 0 Å². The number of aliphatic hydroxyl groups excluding tert-OH is 1. The molecular formula is C33H37NO12. The summed E-state index contributed by atoms with van der Waals surface area (Å²) in [4.78, 5) is 52.9. The Kier molecular flexibility index (Phi) is 12.2. The third-order valence-corrected chi connectivity index (χ3v) is 6.82. The molecule has 0 bridgehead atoms. The van der Waals surface area contributed by atoms with Crippen molar-refractivity contribution in [3.05, 3.63) is 70.8 Å². The van der Waals surface area contributed by atoms with E-state index in [1.165, 1.54) is 28.4 Å². The number of fused-ring (bicyclic) bond motifs is 2. The van der Waals surface area contributed by atoms with Gasteiger partial charge in [-0.3, -0.25) is 0 Å². The van der Waals surface area contributed by atoms with E-state index < -0.39 is 24.1 Å².